The molecule has 0 saturated carbocycles. The molecule has 3 heterocycles. The minimum atomic E-state index is 0.767. The van der Waals surface area contributed by atoms with Crippen molar-refractivity contribution in [2.75, 3.05) is 46.3 Å². The molecule has 0 atom stereocenters. The Morgan fingerprint density at radius 2 is 1.95 bits per heavy atom. The lowest BCUT2D eigenvalue weighted by atomic mass is 10.0. The first-order valence-corrected chi connectivity index (χ1v) is 7.91. The van der Waals surface area contributed by atoms with Gasteiger partial charge in [0.2, 0.25) is 0 Å². The molecule has 1 aliphatic carbocycles. The first-order valence-electron chi connectivity index (χ1n) is 7.91. The number of fused-ring (bicyclic) bond motifs is 1. The SMILES string of the molecule is CN1CCN(C2CN(Cc3noc4c3CCC4)C2)CC1. The number of hydrogen-bond donors (Lipinski definition) is 0. The van der Waals surface area contributed by atoms with E-state index >= 15 is 0 Å². The van der Waals surface area contributed by atoms with Gasteiger partial charge in [-0.2, -0.15) is 0 Å². The van der Waals surface area contributed by atoms with Gasteiger partial charge in [-0.15, -0.1) is 0 Å². The van der Waals surface area contributed by atoms with E-state index in [-0.39, 0.29) is 0 Å². The highest BCUT2D eigenvalue weighted by molar-refractivity contribution is 5.27. The van der Waals surface area contributed by atoms with Gasteiger partial charge in [-0.3, -0.25) is 9.80 Å². The fraction of sp³-hybridized carbons (Fsp3) is 0.800. The standard InChI is InChI=1S/C15H24N4O/c1-17-5-7-19(8-6-17)12-9-18(10-12)11-14-13-3-2-4-15(13)20-16-14/h12H,2-11H2,1H3. The normalized spacial score (nSPS) is 25.9. The second kappa shape index (κ2) is 5.13. The quantitative estimate of drug-likeness (QED) is 0.808. The van der Waals surface area contributed by atoms with E-state index in [4.69, 9.17) is 4.52 Å². The van der Waals surface area contributed by atoms with E-state index in [1.807, 2.05) is 0 Å². The summed E-state index contributed by atoms with van der Waals surface area (Å²) >= 11 is 0. The van der Waals surface area contributed by atoms with Gasteiger partial charge in [0.25, 0.3) is 0 Å². The van der Waals surface area contributed by atoms with Crippen LogP contribution in [-0.4, -0.2) is 72.2 Å². The van der Waals surface area contributed by atoms with Gasteiger partial charge in [-0.05, 0) is 19.9 Å². The Labute approximate surface area is 120 Å². The van der Waals surface area contributed by atoms with Gasteiger partial charge in [0.15, 0.2) is 0 Å². The van der Waals surface area contributed by atoms with Crippen LogP contribution in [-0.2, 0) is 19.4 Å². The zero-order valence-corrected chi connectivity index (χ0v) is 12.3. The van der Waals surface area contributed by atoms with Crippen molar-refractivity contribution >= 4 is 0 Å². The second-order valence-corrected chi connectivity index (χ2v) is 6.57. The molecule has 2 saturated heterocycles. The summed E-state index contributed by atoms with van der Waals surface area (Å²) in [5, 5.41) is 4.27. The molecule has 0 bridgehead atoms. The Balaban J connectivity index is 1.29. The van der Waals surface area contributed by atoms with Gasteiger partial charge in [0, 0.05) is 63.8 Å². The van der Waals surface area contributed by atoms with Crippen molar-refractivity contribution in [1.29, 1.82) is 0 Å². The Bertz CT molecular complexity index is 472. The third-order valence-corrected chi connectivity index (χ3v) is 5.15. The first kappa shape index (κ1) is 12.8. The molecular weight excluding hydrogens is 252 g/mol. The van der Waals surface area contributed by atoms with Crippen LogP contribution in [0.4, 0.5) is 0 Å². The maximum absolute atomic E-state index is 5.44. The summed E-state index contributed by atoms with van der Waals surface area (Å²) in [7, 11) is 2.22. The number of likely N-dealkylation sites (tertiary alicyclic amines) is 1. The van der Waals surface area contributed by atoms with E-state index in [0.717, 1.165) is 24.8 Å². The van der Waals surface area contributed by atoms with Crippen molar-refractivity contribution in [3.05, 3.63) is 17.0 Å². The van der Waals surface area contributed by atoms with Crippen LogP contribution in [0, 0.1) is 0 Å². The molecule has 5 nitrogen and oxygen atoms in total. The maximum Gasteiger partial charge on any atom is 0.140 e. The number of hydrogen-bond acceptors (Lipinski definition) is 5. The van der Waals surface area contributed by atoms with Gasteiger partial charge in [0.1, 0.15) is 11.5 Å². The van der Waals surface area contributed by atoms with Crippen LogP contribution >= 0.6 is 0 Å². The monoisotopic (exact) mass is 276 g/mol. The fourth-order valence-corrected chi connectivity index (χ4v) is 3.71. The van der Waals surface area contributed by atoms with Crippen LogP contribution < -0.4 is 0 Å². The van der Waals surface area contributed by atoms with Gasteiger partial charge in [-0.25, -0.2) is 0 Å². The molecule has 1 aromatic heterocycles. The summed E-state index contributed by atoms with van der Waals surface area (Å²) < 4.78 is 5.44. The maximum atomic E-state index is 5.44. The van der Waals surface area contributed by atoms with Crippen molar-refractivity contribution in [3.63, 3.8) is 0 Å². The van der Waals surface area contributed by atoms with Gasteiger partial charge < -0.3 is 9.42 Å². The van der Waals surface area contributed by atoms with E-state index in [1.165, 1.54) is 63.4 Å². The van der Waals surface area contributed by atoms with Crippen LogP contribution in [0.1, 0.15) is 23.4 Å². The highest BCUT2D eigenvalue weighted by Crippen LogP contribution is 2.27. The molecule has 0 N–H and O–H groups in total. The lowest BCUT2D eigenvalue weighted by molar-refractivity contribution is 0.00437. The molecule has 0 radical (unpaired) electrons. The highest BCUT2D eigenvalue weighted by atomic mass is 16.5. The molecular formula is C15H24N4O. The molecule has 3 aliphatic rings. The molecule has 110 valence electrons. The number of aryl methyl sites for hydroxylation is 1. The first-order chi connectivity index (χ1) is 9.79. The molecule has 0 unspecified atom stereocenters. The summed E-state index contributed by atoms with van der Waals surface area (Å²) in [6, 6.07) is 0.767. The molecule has 20 heavy (non-hydrogen) atoms. The molecule has 0 aromatic carbocycles. The zero-order valence-electron chi connectivity index (χ0n) is 12.3. The summed E-state index contributed by atoms with van der Waals surface area (Å²) in [6.07, 6.45) is 3.50. The number of aromatic nitrogens is 1. The van der Waals surface area contributed by atoms with Gasteiger partial charge in [0.05, 0.1) is 0 Å². The third kappa shape index (κ3) is 2.28. The van der Waals surface area contributed by atoms with E-state index in [2.05, 4.69) is 26.9 Å². The van der Waals surface area contributed by atoms with Crippen molar-refractivity contribution < 1.29 is 4.52 Å². The van der Waals surface area contributed by atoms with Crippen molar-refractivity contribution in [2.45, 2.75) is 31.8 Å². The molecule has 2 fully saturated rings. The second-order valence-electron chi connectivity index (χ2n) is 6.57. The average Bonchev–Trinajstić information content (AvgIpc) is 2.99. The number of rotatable bonds is 3. The van der Waals surface area contributed by atoms with Gasteiger partial charge in [-0.1, -0.05) is 5.16 Å². The van der Waals surface area contributed by atoms with E-state index in [9.17, 15) is 0 Å². The predicted octanol–water partition coefficient (Wildman–Crippen LogP) is 0.595. The largest absolute Gasteiger partial charge is 0.361 e. The van der Waals surface area contributed by atoms with Crippen LogP contribution in [0.3, 0.4) is 0 Å². The van der Waals surface area contributed by atoms with Gasteiger partial charge >= 0.3 is 0 Å². The Morgan fingerprint density at radius 3 is 2.75 bits per heavy atom. The molecule has 4 rings (SSSR count). The van der Waals surface area contributed by atoms with Crippen LogP contribution in [0.5, 0.6) is 0 Å². The summed E-state index contributed by atoms with van der Waals surface area (Å²) in [4.78, 5) is 7.59. The molecule has 1 aromatic rings. The van der Waals surface area contributed by atoms with Crippen LogP contribution in [0.25, 0.3) is 0 Å². The lowest BCUT2D eigenvalue weighted by Gasteiger charge is -2.47. The van der Waals surface area contributed by atoms with E-state index in [1.54, 1.807) is 0 Å². The number of likely N-dealkylation sites (N-methyl/N-ethyl adjacent to an activating group) is 1. The molecule has 0 spiro atoms. The zero-order chi connectivity index (χ0) is 13.5. The van der Waals surface area contributed by atoms with E-state index < -0.39 is 0 Å². The fourth-order valence-electron chi connectivity index (χ4n) is 3.71. The third-order valence-electron chi connectivity index (χ3n) is 5.15. The minimum absolute atomic E-state index is 0.767. The average molecular weight is 276 g/mol. The lowest BCUT2D eigenvalue weighted by Crippen LogP contribution is -2.62. The Hall–Kier alpha value is -0.910. The summed E-state index contributed by atoms with van der Waals surface area (Å²) in [5.74, 6) is 1.15. The van der Waals surface area contributed by atoms with E-state index in [0.29, 0.717) is 0 Å². The summed E-state index contributed by atoms with van der Waals surface area (Å²) in [6.45, 7) is 8.28. The molecule has 0 amide bonds. The van der Waals surface area contributed by atoms with Crippen molar-refractivity contribution in [2.24, 2.45) is 0 Å². The van der Waals surface area contributed by atoms with Crippen molar-refractivity contribution in [3.8, 4) is 0 Å². The Morgan fingerprint density at radius 1 is 1.15 bits per heavy atom. The minimum Gasteiger partial charge on any atom is -0.361 e. The number of nitrogens with zero attached hydrogens (tertiary/aromatic N) is 4. The molecule has 2 aliphatic heterocycles. The number of piperazine rings is 1. The topological polar surface area (TPSA) is 35.8 Å². The highest BCUT2D eigenvalue weighted by Gasteiger charge is 2.34. The van der Waals surface area contributed by atoms with Crippen LogP contribution in [0.2, 0.25) is 0 Å². The van der Waals surface area contributed by atoms with Crippen LogP contribution in [0.15, 0.2) is 4.52 Å². The molecule has 5 heteroatoms. The Kier molecular flexibility index (Phi) is 3.28. The van der Waals surface area contributed by atoms with Crippen molar-refractivity contribution in [1.82, 2.24) is 19.9 Å². The summed E-state index contributed by atoms with van der Waals surface area (Å²) in [5.41, 5.74) is 2.61. The predicted molar refractivity (Wildman–Crippen MR) is 76.7 cm³/mol. The smallest absolute Gasteiger partial charge is 0.140 e.